The third-order valence-corrected chi connectivity index (χ3v) is 4.15. The Morgan fingerprint density at radius 1 is 1.23 bits per heavy atom. The molecule has 0 bridgehead atoms. The van der Waals surface area contributed by atoms with Crippen molar-refractivity contribution in [2.45, 2.75) is 6.42 Å². The molecule has 26 heavy (non-hydrogen) atoms. The number of amides is 1. The van der Waals surface area contributed by atoms with E-state index in [1.54, 1.807) is 24.3 Å². The lowest BCUT2D eigenvalue weighted by molar-refractivity contribution is -0.123. The Hall–Kier alpha value is -2.09. The van der Waals surface area contributed by atoms with Gasteiger partial charge in [-0.2, -0.15) is 0 Å². The van der Waals surface area contributed by atoms with Crippen LogP contribution < -0.4 is 21.0 Å². The summed E-state index contributed by atoms with van der Waals surface area (Å²) in [5.41, 5.74) is 0.0355. The van der Waals surface area contributed by atoms with E-state index in [4.69, 9.17) is 9.15 Å². The monoisotopic (exact) mass is 381 g/mol. The van der Waals surface area contributed by atoms with Crippen LogP contribution in [-0.4, -0.2) is 56.7 Å². The Labute approximate surface area is 158 Å². The van der Waals surface area contributed by atoms with Crippen LogP contribution in [0.3, 0.4) is 0 Å². The van der Waals surface area contributed by atoms with Crippen molar-refractivity contribution in [3.8, 4) is 5.75 Å². The number of hydrogen-bond acceptors (Lipinski definition) is 6. The molecule has 1 aromatic heterocycles. The number of benzene rings is 1. The van der Waals surface area contributed by atoms with E-state index in [-0.39, 0.29) is 24.9 Å². The summed E-state index contributed by atoms with van der Waals surface area (Å²) in [5.74, 6) is 0.340. The molecule has 1 aliphatic heterocycles. The van der Waals surface area contributed by atoms with Crippen LogP contribution in [0.2, 0.25) is 0 Å². The zero-order valence-corrected chi connectivity index (χ0v) is 15.3. The van der Waals surface area contributed by atoms with Crippen molar-refractivity contribution in [2.75, 3.05) is 45.9 Å². The highest BCUT2D eigenvalue weighted by molar-refractivity contribution is 5.85. The fourth-order valence-corrected chi connectivity index (χ4v) is 2.80. The zero-order chi connectivity index (χ0) is 17.5. The number of ether oxygens (including phenoxy) is 1. The average Bonchev–Trinajstić information content (AvgIpc) is 2.64. The number of rotatable bonds is 7. The second kappa shape index (κ2) is 10.2. The summed E-state index contributed by atoms with van der Waals surface area (Å²) < 4.78 is 10.6. The Kier molecular flexibility index (Phi) is 7.90. The van der Waals surface area contributed by atoms with E-state index in [0.717, 1.165) is 44.5 Å². The SMILES string of the molecule is Cl.O=C(COc1ccc2ccc(=O)oc2c1)NCCCN1CCNCC1. The molecule has 8 heteroatoms. The molecule has 2 heterocycles. The van der Waals surface area contributed by atoms with Gasteiger partial charge in [0.2, 0.25) is 0 Å². The molecule has 1 fully saturated rings. The van der Waals surface area contributed by atoms with Crippen molar-refractivity contribution < 1.29 is 13.9 Å². The summed E-state index contributed by atoms with van der Waals surface area (Å²) in [7, 11) is 0. The lowest BCUT2D eigenvalue weighted by atomic mass is 10.2. The number of halogens is 1. The van der Waals surface area contributed by atoms with E-state index in [0.29, 0.717) is 17.9 Å². The maximum absolute atomic E-state index is 11.9. The second-order valence-corrected chi connectivity index (χ2v) is 6.04. The van der Waals surface area contributed by atoms with E-state index < -0.39 is 5.63 Å². The number of nitrogens with one attached hydrogen (secondary N) is 2. The van der Waals surface area contributed by atoms with E-state index >= 15 is 0 Å². The largest absolute Gasteiger partial charge is 0.484 e. The quantitative estimate of drug-likeness (QED) is 0.550. The molecule has 0 aliphatic carbocycles. The van der Waals surface area contributed by atoms with Gasteiger partial charge in [-0.3, -0.25) is 4.79 Å². The highest BCUT2D eigenvalue weighted by Crippen LogP contribution is 2.19. The third-order valence-electron chi connectivity index (χ3n) is 4.15. The fourth-order valence-electron chi connectivity index (χ4n) is 2.80. The number of carbonyl (C=O) groups excluding carboxylic acids is 1. The van der Waals surface area contributed by atoms with E-state index in [1.165, 1.54) is 6.07 Å². The molecule has 1 amide bonds. The van der Waals surface area contributed by atoms with Gasteiger partial charge in [0.1, 0.15) is 11.3 Å². The lowest BCUT2D eigenvalue weighted by Crippen LogP contribution is -2.44. The second-order valence-electron chi connectivity index (χ2n) is 6.04. The molecule has 0 atom stereocenters. The molecule has 2 aromatic rings. The number of piperazine rings is 1. The van der Waals surface area contributed by atoms with Crippen LogP contribution in [0.4, 0.5) is 0 Å². The van der Waals surface area contributed by atoms with Crippen LogP contribution in [0.1, 0.15) is 6.42 Å². The molecule has 0 spiro atoms. The predicted octanol–water partition coefficient (Wildman–Crippen LogP) is 1.01. The summed E-state index contributed by atoms with van der Waals surface area (Å²) in [4.78, 5) is 25.5. The summed E-state index contributed by atoms with van der Waals surface area (Å²) in [6.45, 7) is 5.77. The van der Waals surface area contributed by atoms with Gasteiger partial charge >= 0.3 is 5.63 Å². The van der Waals surface area contributed by atoms with Crippen molar-refractivity contribution in [2.24, 2.45) is 0 Å². The minimum absolute atomic E-state index is 0. The first-order valence-corrected chi connectivity index (χ1v) is 8.57. The summed E-state index contributed by atoms with van der Waals surface area (Å²) >= 11 is 0. The Balaban J connectivity index is 0.00000243. The first-order valence-electron chi connectivity index (χ1n) is 8.57. The first-order chi connectivity index (χ1) is 12.2. The lowest BCUT2D eigenvalue weighted by Gasteiger charge is -2.27. The van der Waals surface area contributed by atoms with Gasteiger partial charge in [-0.1, -0.05) is 0 Å². The summed E-state index contributed by atoms with van der Waals surface area (Å²) in [6, 6.07) is 8.22. The van der Waals surface area contributed by atoms with Crippen molar-refractivity contribution in [1.82, 2.24) is 15.5 Å². The molecule has 142 valence electrons. The fraction of sp³-hybridized carbons (Fsp3) is 0.444. The Bertz CT molecular complexity index is 774. The van der Waals surface area contributed by atoms with Gasteiger partial charge in [0.15, 0.2) is 6.61 Å². The van der Waals surface area contributed by atoms with Gasteiger partial charge < -0.3 is 24.7 Å². The van der Waals surface area contributed by atoms with Crippen molar-refractivity contribution >= 4 is 29.3 Å². The van der Waals surface area contributed by atoms with Crippen molar-refractivity contribution in [1.29, 1.82) is 0 Å². The van der Waals surface area contributed by atoms with Gasteiger partial charge in [-0.25, -0.2) is 4.79 Å². The molecule has 0 saturated carbocycles. The standard InChI is InChI=1S/C18H23N3O4.ClH/c22-17(20-6-1-9-21-10-7-19-8-11-21)13-24-15-4-2-14-3-5-18(23)25-16(14)12-15;/h2-5,12,19H,1,6-11,13H2,(H,20,22);1H. The normalized spacial score (nSPS) is 14.6. The number of nitrogens with zero attached hydrogens (tertiary/aromatic N) is 1. The Morgan fingerprint density at radius 2 is 2.00 bits per heavy atom. The number of hydrogen-bond donors (Lipinski definition) is 2. The van der Waals surface area contributed by atoms with E-state index in [1.807, 2.05) is 0 Å². The van der Waals surface area contributed by atoms with Gasteiger partial charge in [-0.15, -0.1) is 12.4 Å². The minimum Gasteiger partial charge on any atom is -0.484 e. The smallest absolute Gasteiger partial charge is 0.336 e. The number of carbonyl (C=O) groups is 1. The van der Waals surface area contributed by atoms with Crippen LogP contribution in [0.15, 0.2) is 39.5 Å². The van der Waals surface area contributed by atoms with Gasteiger partial charge in [0.25, 0.3) is 5.91 Å². The molecular weight excluding hydrogens is 358 g/mol. The molecule has 3 rings (SSSR count). The molecule has 7 nitrogen and oxygen atoms in total. The topological polar surface area (TPSA) is 83.8 Å². The highest BCUT2D eigenvalue weighted by Gasteiger charge is 2.09. The number of fused-ring (bicyclic) bond motifs is 1. The van der Waals surface area contributed by atoms with Crippen LogP contribution >= 0.6 is 12.4 Å². The van der Waals surface area contributed by atoms with Crippen molar-refractivity contribution in [3.63, 3.8) is 0 Å². The summed E-state index contributed by atoms with van der Waals surface area (Å²) in [5, 5.41) is 6.99. The molecule has 0 radical (unpaired) electrons. The van der Waals surface area contributed by atoms with Crippen molar-refractivity contribution in [3.05, 3.63) is 40.8 Å². The molecule has 1 aromatic carbocycles. The predicted molar refractivity (Wildman–Crippen MR) is 102 cm³/mol. The molecule has 2 N–H and O–H groups in total. The molecule has 1 saturated heterocycles. The van der Waals surface area contributed by atoms with Gasteiger partial charge in [-0.05, 0) is 31.2 Å². The van der Waals surface area contributed by atoms with Crippen LogP contribution in [0.5, 0.6) is 5.75 Å². The van der Waals surface area contributed by atoms with E-state index in [2.05, 4.69) is 15.5 Å². The van der Waals surface area contributed by atoms with Crippen LogP contribution in [0.25, 0.3) is 11.0 Å². The molecule has 1 aliphatic rings. The van der Waals surface area contributed by atoms with Gasteiger partial charge in [0, 0.05) is 50.2 Å². The maximum atomic E-state index is 11.9. The summed E-state index contributed by atoms with van der Waals surface area (Å²) in [6.07, 6.45) is 0.923. The average molecular weight is 382 g/mol. The Morgan fingerprint density at radius 3 is 2.81 bits per heavy atom. The maximum Gasteiger partial charge on any atom is 0.336 e. The van der Waals surface area contributed by atoms with Crippen LogP contribution in [0, 0.1) is 0 Å². The molecular formula is C18H24ClN3O4. The first kappa shape index (κ1) is 20.2. The zero-order valence-electron chi connectivity index (χ0n) is 14.5. The van der Waals surface area contributed by atoms with Gasteiger partial charge in [0.05, 0.1) is 0 Å². The third kappa shape index (κ3) is 6.01. The van der Waals surface area contributed by atoms with E-state index in [9.17, 15) is 9.59 Å². The highest BCUT2D eigenvalue weighted by atomic mass is 35.5. The molecule has 0 unspecified atom stereocenters. The van der Waals surface area contributed by atoms with Crippen LogP contribution in [-0.2, 0) is 4.79 Å². The minimum atomic E-state index is -0.410.